The summed E-state index contributed by atoms with van der Waals surface area (Å²) in [7, 11) is 0. The first-order chi connectivity index (χ1) is 26.7. The minimum Gasteiger partial charge on any atom is -0.697 e. The second kappa shape index (κ2) is 18.2. The summed E-state index contributed by atoms with van der Waals surface area (Å²) in [6, 6.07) is 81.9. The van der Waals surface area contributed by atoms with Crippen LogP contribution in [0, 0.1) is 0 Å². The van der Waals surface area contributed by atoms with Gasteiger partial charge in [0.05, 0.1) is 23.0 Å². The molecule has 0 aliphatic carbocycles. The first-order valence-electron chi connectivity index (χ1n) is 17.9. The fourth-order valence-corrected chi connectivity index (χ4v) is 17.5. The Balaban J connectivity index is 0.000000168. The molecular weight excluding hydrogens is 742 g/mol. The number of benzene rings is 8. The van der Waals surface area contributed by atoms with Crippen LogP contribution in [0.1, 0.15) is 0 Å². The number of para-hydroxylation sites is 4. The van der Waals surface area contributed by atoms with Gasteiger partial charge >= 0.3 is 167 Å². The van der Waals surface area contributed by atoms with Crippen LogP contribution in [0.5, 0.6) is 23.0 Å². The maximum atomic E-state index is 6.31. The molecule has 0 unspecified atom stereocenters. The van der Waals surface area contributed by atoms with Crippen molar-refractivity contribution >= 4 is 45.4 Å². The zero-order valence-corrected chi connectivity index (χ0v) is 32.8. The minimum atomic E-state index is -4.13. The van der Waals surface area contributed by atoms with Gasteiger partial charge in [-0.2, -0.15) is 0 Å². The molecule has 0 aliphatic heterocycles. The topological polar surface area (TPSA) is 36.9 Å². The van der Waals surface area contributed by atoms with Crippen molar-refractivity contribution in [1.82, 2.24) is 0 Å². The van der Waals surface area contributed by atoms with Crippen LogP contribution in [0.15, 0.2) is 243 Å². The quantitative estimate of drug-likeness (QED) is 0.116. The Labute approximate surface area is 324 Å². The van der Waals surface area contributed by atoms with E-state index in [-0.39, 0.29) is 0 Å². The van der Waals surface area contributed by atoms with Crippen molar-refractivity contribution in [3.63, 3.8) is 0 Å². The second-order valence-electron chi connectivity index (χ2n) is 12.3. The van der Waals surface area contributed by atoms with Crippen LogP contribution in [0.3, 0.4) is 0 Å². The SMILES string of the molecule is c1ccc([As+](c2ccccc2)(c2ccccc2)c2ccccc2)cc1.c1ccc([O][Al-]([O]c2ccccc2)([O]c2ccccc2)[O]c2ccccc2)cc1. The molecule has 0 spiro atoms. The van der Waals surface area contributed by atoms with Gasteiger partial charge < -0.3 is 15.2 Å². The molecule has 8 rings (SSSR count). The van der Waals surface area contributed by atoms with Crippen molar-refractivity contribution < 1.29 is 15.2 Å². The Kier molecular flexibility index (Phi) is 12.3. The normalized spacial score (nSPS) is 11.0. The fourth-order valence-electron chi connectivity index (χ4n) is 6.31. The molecule has 54 heavy (non-hydrogen) atoms. The first kappa shape index (κ1) is 36.4. The average Bonchev–Trinajstić information content (AvgIpc) is 3.24. The van der Waals surface area contributed by atoms with Gasteiger partial charge in [0.1, 0.15) is 0 Å². The Bertz CT molecular complexity index is 1920. The van der Waals surface area contributed by atoms with Gasteiger partial charge in [-0.1, -0.05) is 72.8 Å². The zero-order chi connectivity index (χ0) is 36.7. The van der Waals surface area contributed by atoms with Crippen LogP contribution in [0.4, 0.5) is 0 Å². The average molecular weight is 783 g/mol. The minimum absolute atomic E-state index is 0.611. The van der Waals surface area contributed by atoms with Crippen LogP contribution in [0.2, 0.25) is 0 Å². The second-order valence-corrected chi connectivity index (χ2v) is 21.6. The van der Waals surface area contributed by atoms with E-state index in [1.54, 1.807) is 0 Å². The van der Waals surface area contributed by atoms with E-state index < -0.39 is 28.0 Å². The van der Waals surface area contributed by atoms with Crippen LogP contribution in [0.25, 0.3) is 0 Å². The molecule has 0 aromatic heterocycles. The van der Waals surface area contributed by atoms with Crippen molar-refractivity contribution in [3.05, 3.63) is 243 Å². The molecule has 4 nitrogen and oxygen atoms in total. The molecule has 0 N–H and O–H groups in total. The van der Waals surface area contributed by atoms with Crippen LogP contribution in [-0.4, -0.2) is 28.0 Å². The van der Waals surface area contributed by atoms with Gasteiger partial charge in [-0.25, -0.2) is 0 Å². The predicted octanol–water partition coefficient (Wildman–Crippen LogP) is 8.80. The third kappa shape index (κ3) is 8.97. The van der Waals surface area contributed by atoms with E-state index in [9.17, 15) is 0 Å². The van der Waals surface area contributed by atoms with Gasteiger partial charge in [-0.05, 0) is 48.5 Å². The van der Waals surface area contributed by atoms with Gasteiger partial charge in [0, 0.05) is 0 Å². The molecule has 0 bridgehead atoms. The molecule has 8 aromatic carbocycles. The Hall–Kier alpha value is -5.95. The molecule has 0 amide bonds. The summed E-state index contributed by atoms with van der Waals surface area (Å²) >= 11 is -6.90. The van der Waals surface area contributed by atoms with E-state index in [0.717, 1.165) is 0 Å². The summed E-state index contributed by atoms with van der Waals surface area (Å²) in [6.45, 7) is 0. The van der Waals surface area contributed by atoms with Crippen molar-refractivity contribution in [1.29, 1.82) is 0 Å². The van der Waals surface area contributed by atoms with E-state index in [1.807, 2.05) is 121 Å². The van der Waals surface area contributed by atoms with Crippen LogP contribution >= 0.6 is 0 Å². The van der Waals surface area contributed by atoms with Crippen molar-refractivity contribution in [3.8, 4) is 23.0 Å². The van der Waals surface area contributed by atoms with E-state index in [0.29, 0.717) is 23.0 Å². The molecule has 0 heterocycles. The maximum Gasteiger partial charge on any atom is 1.21 e. The molecule has 8 aromatic rings. The van der Waals surface area contributed by atoms with Gasteiger partial charge in [-0.3, -0.25) is 0 Å². The smallest absolute Gasteiger partial charge is 0.697 e. The monoisotopic (exact) mass is 782 g/mol. The van der Waals surface area contributed by atoms with Gasteiger partial charge in [0.25, 0.3) is 0 Å². The molecule has 0 aliphatic rings. The van der Waals surface area contributed by atoms with Gasteiger partial charge in [0.15, 0.2) is 0 Å². The van der Waals surface area contributed by atoms with Crippen molar-refractivity contribution in [2.75, 3.05) is 0 Å². The van der Waals surface area contributed by atoms with E-state index >= 15 is 0 Å². The summed E-state index contributed by atoms with van der Waals surface area (Å²) in [5.41, 5.74) is 0. The Morgan fingerprint density at radius 3 is 0.574 bits per heavy atom. The van der Waals surface area contributed by atoms with E-state index in [1.165, 1.54) is 17.4 Å². The predicted molar refractivity (Wildman–Crippen MR) is 224 cm³/mol. The maximum absolute atomic E-state index is 6.31. The number of rotatable bonds is 12. The fraction of sp³-hybridized carbons (Fsp3) is 0. The molecule has 0 saturated carbocycles. The molecule has 0 atom stereocenters. The van der Waals surface area contributed by atoms with Crippen LogP contribution in [-0.2, 0) is 0 Å². The third-order valence-corrected chi connectivity index (χ3v) is 19.9. The van der Waals surface area contributed by atoms with Crippen molar-refractivity contribution in [2.45, 2.75) is 0 Å². The standard InChI is InChI=1S/C24H20As.4C6H6O.Al/c1-5-13-21(14-6-1)25(22-15-7-2-8-16-22,23-17-9-3-10-18-23)24-19-11-4-12-20-24;4*7-6-4-2-1-3-5-6;/h1-20H;4*1-5,7H;/q+1;;;;;+3/p-4. The summed E-state index contributed by atoms with van der Waals surface area (Å²) in [5, 5.41) is 0. The largest absolute Gasteiger partial charge is 1.21 e. The third-order valence-electron chi connectivity index (χ3n) is 8.67. The van der Waals surface area contributed by atoms with Crippen molar-refractivity contribution in [2.24, 2.45) is 0 Å². The summed E-state index contributed by atoms with van der Waals surface area (Å²) in [5.74, 6) is 2.45. The Morgan fingerprint density at radius 2 is 0.389 bits per heavy atom. The summed E-state index contributed by atoms with van der Waals surface area (Å²) < 4.78 is 31.0. The summed E-state index contributed by atoms with van der Waals surface area (Å²) in [6.07, 6.45) is 0. The van der Waals surface area contributed by atoms with Crippen LogP contribution < -0.4 is 32.6 Å². The molecule has 0 fully saturated rings. The summed E-state index contributed by atoms with van der Waals surface area (Å²) in [4.78, 5) is 0. The number of hydrogen-bond donors (Lipinski definition) is 0. The van der Waals surface area contributed by atoms with E-state index in [4.69, 9.17) is 15.2 Å². The zero-order valence-electron chi connectivity index (χ0n) is 29.8. The molecule has 0 radical (unpaired) electrons. The number of hydrogen-bond acceptors (Lipinski definition) is 4. The van der Waals surface area contributed by atoms with Gasteiger partial charge in [-0.15, -0.1) is 0 Å². The van der Waals surface area contributed by atoms with E-state index in [2.05, 4.69) is 121 Å². The molecular formula is C48H40AlAsO4. The van der Waals surface area contributed by atoms with Gasteiger partial charge in [0.2, 0.25) is 0 Å². The molecule has 0 saturated heterocycles. The molecule has 6 heteroatoms. The molecule has 264 valence electrons. The Morgan fingerprint density at radius 1 is 0.222 bits per heavy atom. The first-order valence-corrected chi connectivity index (χ1v) is 23.6.